The Morgan fingerprint density at radius 2 is 1.40 bits per heavy atom. The van der Waals surface area contributed by atoms with Crippen LogP contribution in [0, 0.1) is 0 Å². The van der Waals surface area contributed by atoms with Crippen LogP contribution in [-0.4, -0.2) is 36.2 Å². The summed E-state index contributed by atoms with van der Waals surface area (Å²) in [5, 5.41) is 7.60. The van der Waals surface area contributed by atoms with Gasteiger partial charge >= 0.3 is 17.9 Å². The van der Waals surface area contributed by atoms with Crippen molar-refractivity contribution < 1.29 is 29.0 Å². The number of hydrogen-bond donors (Lipinski definition) is 1. The summed E-state index contributed by atoms with van der Waals surface area (Å²) in [6, 6.07) is 0. The Kier molecular flexibility index (Phi) is 10.7. The van der Waals surface area contributed by atoms with Crippen molar-refractivity contribution in [2.75, 3.05) is 13.2 Å². The first-order chi connectivity index (χ1) is 6.90. The third-order valence-corrected chi connectivity index (χ3v) is 0.869. The van der Waals surface area contributed by atoms with Gasteiger partial charge < -0.3 is 14.6 Å². The Balaban J connectivity index is 0. The molecule has 86 valence electrons. The summed E-state index contributed by atoms with van der Waals surface area (Å²) >= 11 is 0. The quantitative estimate of drug-likeness (QED) is 0.416. The third-order valence-electron chi connectivity index (χ3n) is 0.869. The van der Waals surface area contributed by atoms with Crippen molar-refractivity contribution in [3.63, 3.8) is 0 Å². The summed E-state index contributed by atoms with van der Waals surface area (Å²) in [6.45, 7) is 5.83. The Labute approximate surface area is 87.5 Å². The van der Waals surface area contributed by atoms with Crippen LogP contribution < -0.4 is 0 Å². The second-order valence-electron chi connectivity index (χ2n) is 2.22. The van der Waals surface area contributed by atoms with Gasteiger partial charge in [0.1, 0.15) is 13.2 Å². The molecule has 0 bridgehead atoms. The molecular formula is C9H14O6. The lowest BCUT2D eigenvalue weighted by atomic mass is 10.7. The average molecular weight is 218 g/mol. The largest absolute Gasteiger partial charge is 0.478 e. The standard InChI is InChI=1S/C6H10O4.C3H4O2/c1-5(7)9-3-4-10-6(2)8;1-2-3(4)5/h3-4H2,1-2H3;2H,1H2,(H,4,5). The van der Waals surface area contributed by atoms with Crippen molar-refractivity contribution in [3.8, 4) is 0 Å². The zero-order chi connectivity index (χ0) is 12.3. The van der Waals surface area contributed by atoms with Crippen LogP contribution in [0.2, 0.25) is 0 Å². The molecule has 0 radical (unpaired) electrons. The molecule has 0 aromatic carbocycles. The zero-order valence-electron chi connectivity index (χ0n) is 8.69. The maximum atomic E-state index is 10.1. The topological polar surface area (TPSA) is 89.9 Å². The number of carbonyl (C=O) groups is 3. The van der Waals surface area contributed by atoms with Gasteiger partial charge in [0.25, 0.3) is 0 Å². The summed E-state index contributed by atoms with van der Waals surface area (Å²) in [6.07, 6.45) is 0.833. The molecule has 0 aromatic rings. The molecule has 1 N–H and O–H groups in total. The number of carboxylic acids is 1. The molecule has 0 amide bonds. The van der Waals surface area contributed by atoms with Crippen molar-refractivity contribution in [1.29, 1.82) is 0 Å². The van der Waals surface area contributed by atoms with E-state index in [1.807, 2.05) is 0 Å². The SMILES string of the molecule is C=CC(=O)O.CC(=O)OCCOC(C)=O. The second-order valence-corrected chi connectivity index (χ2v) is 2.22. The third kappa shape index (κ3) is 24.5. The van der Waals surface area contributed by atoms with Crippen molar-refractivity contribution >= 4 is 17.9 Å². The normalized spacial score (nSPS) is 7.87. The van der Waals surface area contributed by atoms with E-state index in [9.17, 15) is 14.4 Å². The number of carboxylic acid groups (broad SMARTS) is 1. The van der Waals surface area contributed by atoms with Gasteiger partial charge in [-0.1, -0.05) is 6.58 Å². The van der Waals surface area contributed by atoms with Crippen LogP contribution in [0.25, 0.3) is 0 Å². The van der Waals surface area contributed by atoms with E-state index in [4.69, 9.17) is 5.11 Å². The summed E-state index contributed by atoms with van der Waals surface area (Å²) < 4.78 is 8.95. The van der Waals surface area contributed by atoms with E-state index in [2.05, 4.69) is 16.1 Å². The Hall–Kier alpha value is -1.85. The molecular weight excluding hydrogens is 204 g/mol. The van der Waals surface area contributed by atoms with Crippen molar-refractivity contribution in [1.82, 2.24) is 0 Å². The van der Waals surface area contributed by atoms with E-state index in [1.54, 1.807) is 0 Å². The predicted molar refractivity (Wildman–Crippen MR) is 51.1 cm³/mol. The molecule has 0 aliphatic carbocycles. The molecule has 0 aliphatic heterocycles. The number of esters is 2. The van der Waals surface area contributed by atoms with Gasteiger partial charge in [0.15, 0.2) is 0 Å². The second kappa shape index (κ2) is 10.2. The lowest BCUT2D eigenvalue weighted by Gasteiger charge is -2.00. The highest BCUT2D eigenvalue weighted by Crippen LogP contribution is 1.79. The van der Waals surface area contributed by atoms with Gasteiger partial charge in [0, 0.05) is 19.9 Å². The fourth-order valence-corrected chi connectivity index (χ4v) is 0.371. The molecule has 0 aromatic heterocycles. The van der Waals surface area contributed by atoms with E-state index in [0.29, 0.717) is 0 Å². The molecule has 6 heteroatoms. The van der Waals surface area contributed by atoms with E-state index >= 15 is 0 Å². The molecule has 0 heterocycles. The van der Waals surface area contributed by atoms with Gasteiger partial charge in [-0.25, -0.2) is 4.79 Å². The van der Waals surface area contributed by atoms with E-state index in [0.717, 1.165) is 6.08 Å². The number of hydrogen-bond acceptors (Lipinski definition) is 5. The van der Waals surface area contributed by atoms with Crippen LogP contribution in [0.5, 0.6) is 0 Å². The fraction of sp³-hybridized carbons (Fsp3) is 0.444. The molecule has 0 atom stereocenters. The van der Waals surface area contributed by atoms with Crippen LogP contribution in [0.15, 0.2) is 12.7 Å². The zero-order valence-corrected chi connectivity index (χ0v) is 8.69. The Bertz CT molecular complexity index is 217. The van der Waals surface area contributed by atoms with Crippen LogP contribution >= 0.6 is 0 Å². The minimum Gasteiger partial charge on any atom is -0.478 e. The summed E-state index contributed by atoms with van der Waals surface area (Å²) in [4.78, 5) is 29.5. The molecule has 0 saturated carbocycles. The number of ether oxygens (including phenoxy) is 2. The number of aliphatic carboxylic acids is 1. The van der Waals surface area contributed by atoms with E-state index in [-0.39, 0.29) is 25.2 Å². The number of carbonyl (C=O) groups excluding carboxylic acids is 2. The van der Waals surface area contributed by atoms with Crippen molar-refractivity contribution in [2.24, 2.45) is 0 Å². The molecule has 0 saturated heterocycles. The maximum Gasteiger partial charge on any atom is 0.327 e. The molecule has 6 nitrogen and oxygen atoms in total. The van der Waals surface area contributed by atoms with E-state index in [1.165, 1.54) is 13.8 Å². The van der Waals surface area contributed by atoms with E-state index < -0.39 is 5.97 Å². The minimum absolute atomic E-state index is 0.134. The summed E-state index contributed by atoms with van der Waals surface area (Å²) in [5.74, 6) is -1.72. The van der Waals surface area contributed by atoms with Gasteiger partial charge in [-0.15, -0.1) is 0 Å². The Morgan fingerprint density at radius 1 is 1.13 bits per heavy atom. The highest BCUT2D eigenvalue weighted by molar-refractivity contribution is 5.78. The molecule has 0 spiro atoms. The predicted octanol–water partition coefficient (Wildman–Crippen LogP) is 0.370. The van der Waals surface area contributed by atoms with Crippen LogP contribution in [0.4, 0.5) is 0 Å². The molecule has 0 rings (SSSR count). The maximum absolute atomic E-state index is 10.1. The fourth-order valence-electron chi connectivity index (χ4n) is 0.371. The average Bonchev–Trinajstić information content (AvgIpc) is 2.13. The van der Waals surface area contributed by atoms with Gasteiger partial charge in [-0.2, -0.15) is 0 Å². The van der Waals surface area contributed by atoms with Gasteiger partial charge in [-0.3, -0.25) is 9.59 Å². The number of rotatable bonds is 4. The first kappa shape index (κ1) is 15.6. The highest BCUT2D eigenvalue weighted by Gasteiger charge is 1.94. The first-order valence-corrected chi connectivity index (χ1v) is 4.02. The Morgan fingerprint density at radius 3 is 1.53 bits per heavy atom. The summed E-state index contributed by atoms with van der Waals surface area (Å²) in [7, 11) is 0. The molecule has 0 fully saturated rings. The molecule has 0 aliphatic rings. The van der Waals surface area contributed by atoms with Crippen molar-refractivity contribution in [2.45, 2.75) is 13.8 Å². The minimum atomic E-state index is -0.981. The van der Waals surface area contributed by atoms with Gasteiger partial charge in [0.05, 0.1) is 0 Å². The van der Waals surface area contributed by atoms with Crippen molar-refractivity contribution in [3.05, 3.63) is 12.7 Å². The lowest BCUT2D eigenvalue weighted by molar-refractivity contribution is -0.149. The monoisotopic (exact) mass is 218 g/mol. The van der Waals surface area contributed by atoms with Gasteiger partial charge in [-0.05, 0) is 0 Å². The van der Waals surface area contributed by atoms with Crippen LogP contribution in [-0.2, 0) is 23.9 Å². The van der Waals surface area contributed by atoms with Crippen LogP contribution in [0.1, 0.15) is 13.8 Å². The summed E-state index contributed by atoms with van der Waals surface area (Å²) in [5.41, 5.74) is 0. The molecule has 15 heavy (non-hydrogen) atoms. The molecule has 0 unspecified atom stereocenters. The van der Waals surface area contributed by atoms with Crippen LogP contribution in [0.3, 0.4) is 0 Å². The first-order valence-electron chi connectivity index (χ1n) is 4.02. The highest BCUT2D eigenvalue weighted by atomic mass is 16.6. The van der Waals surface area contributed by atoms with Gasteiger partial charge in [0.2, 0.25) is 0 Å². The smallest absolute Gasteiger partial charge is 0.327 e. The lowest BCUT2D eigenvalue weighted by Crippen LogP contribution is -2.09.